The molecule has 0 atom stereocenters. The van der Waals surface area contributed by atoms with Crippen LogP contribution in [-0.2, 0) is 19.1 Å². The van der Waals surface area contributed by atoms with Gasteiger partial charge in [0.15, 0.2) is 0 Å². The second-order valence-electron chi connectivity index (χ2n) is 5.48. The topological polar surface area (TPSA) is 55.8 Å². The Kier molecular flexibility index (Phi) is 5.54. The molecule has 0 aliphatic carbocycles. The number of carbonyl (C=O) groups excluding carboxylic acids is 2. The number of amides is 1. The van der Waals surface area contributed by atoms with Gasteiger partial charge in [-0.2, -0.15) is 0 Å². The van der Waals surface area contributed by atoms with Crippen molar-refractivity contribution in [1.82, 2.24) is 4.90 Å². The third-order valence-corrected chi connectivity index (χ3v) is 2.57. The summed E-state index contributed by atoms with van der Waals surface area (Å²) in [5.41, 5.74) is 0.0289. The lowest BCUT2D eigenvalue weighted by molar-refractivity contribution is -0.150. The first-order chi connectivity index (χ1) is 8.83. The van der Waals surface area contributed by atoms with Crippen molar-refractivity contribution in [1.29, 1.82) is 0 Å². The van der Waals surface area contributed by atoms with Crippen LogP contribution < -0.4 is 0 Å². The van der Waals surface area contributed by atoms with E-state index in [4.69, 9.17) is 9.47 Å². The lowest BCUT2D eigenvalue weighted by Gasteiger charge is -2.26. The molecule has 1 aliphatic heterocycles. The molecule has 5 nitrogen and oxygen atoms in total. The molecule has 1 heterocycles. The van der Waals surface area contributed by atoms with E-state index < -0.39 is 5.60 Å². The molecule has 0 aromatic rings. The SMILES string of the molecule is CCOCC(=O)N1C=C(C(=O)OC(C)(C)C)CCC1. The fraction of sp³-hybridized carbons (Fsp3) is 0.714. The monoisotopic (exact) mass is 269 g/mol. The van der Waals surface area contributed by atoms with E-state index in [9.17, 15) is 9.59 Å². The highest BCUT2D eigenvalue weighted by molar-refractivity contribution is 5.90. The van der Waals surface area contributed by atoms with Gasteiger partial charge in [0, 0.05) is 19.4 Å². The number of carbonyl (C=O) groups is 2. The van der Waals surface area contributed by atoms with E-state index in [0.717, 1.165) is 6.42 Å². The molecule has 0 aromatic carbocycles. The Balaban J connectivity index is 2.66. The van der Waals surface area contributed by atoms with Gasteiger partial charge in [0.05, 0.1) is 5.57 Å². The molecule has 0 fully saturated rings. The van der Waals surface area contributed by atoms with Gasteiger partial charge in [0.2, 0.25) is 0 Å². The van der Waals surface area contributed by atoms with Crippen LogP contribution in [0.2, 0.25) is 0 Å². The van der Waals surface area contributed by atoms with E-state index in [-0.39, 0.29) is 18.5 Å². The number of ether oxygens (including phenoxy) is 2. The number of esters is 1. The lowest BCUT2D eigenvalue weighted by Crippen LogP contribution is -2.35. The quantitative estimate of drug-likeness (QED) is 0.731. The molecule has 0 saturated carbocycles. The second kappa shape index (κ2) is 6.70. The molecule has 0 bridgehead atoms. The van der Waals surface area contributed by atoms with Crippen LogP contribution in [0.1, 0.15) is 40.5 Å². The molecule has 5 heteroatoms. The van der Waals surface area contributed by atoms with Crippen LogP contribution in [0.5, 0.6) is 0 Å². The normalized spacial score (nSPS) is 16.0. The van der Waals surface area contributed by atoms with Crippen LogP contribution in [0.4, 0.5) is 0 Å². The molecule has 1 amide bonds. The fourth-order valence-electron chi connectivity index (χ4n) is 1.72. The molecule has 0 aromatic heterocycles. The first kappa shape index (κ1) is 15.7. The van der Waals surface area contributed by atoms with Gasteiger partial charge < -0.3 is 14.4 Å². The smallest absolute Gasteiger partial charge is 0.336 e. The van der Waals surface area contributed by atoms with Gasteiger partial charge >= 0.3 is 5.97 Å². The van der Waals surface area contributed by atoms with Gasteiger partial charge in [-0.3, -0.25) is 4.79 Å². The van der Waals surface area contributed by atoms with Crippen molar-refractivity contribution in [2.24, 2.45) is 0 Å². The molecule has 0 saturated heterocycles. The van der Waals surface area contributed by atoms with Crippen molar-refractivity contribution >= 4 is 11.9 Å². The van der Waals surface area contributed by atoms with Gasteiger partial charge in [-0.1, -0.05) is 0 Å². The Morgan fingerprint density at radius 2 is 2.05 bits per heavy atom. The summed E-state index contributed by atoms with van der Waals surface area (Å²) in [5.74, 6) is -0.469. The van der Waals surface area contributed by atoms with E-state index >= 15 is 0 Å². The molecular weight excluding hydrogens is 246 g/mol. The first-order valence-corrected chi connectivity index (χ1v) is 6.64. The molecule has 0 N–H and O–H groups in total. The summed E-state index contributed by atoms with van der Waals surface area (Å²) in [6.07, 6.45) is 3.01. The maximum atomic E-state index is 11.9. The highest BCUT2D eigenvalue weighted by atomic mass is 16.6. The van der Waals surface area contributed by atoms with Crippen LogP contribution in [0, 0.1) is 0 Å². The zero-order valence-corrected chi connectivity index (χ0v) is 12.2. The van der Waals surface area contributed by atoms with E-state index in [0.29, 0.717) is 25.1 Å². The summed E-state index contributed by atoms with van der Waals surface area (Å²) >= 11 is 0. The van der Waals surface area contributed by atoms with Crippen molar-refractivity contribution in [3.05, 3.63) is 11.8 Å². The fourth-order valence-corrected chi connectivity index (χ4v) is 1.72. The van der Waals surface area contributed by atoms with E-state index in [1.54, 1.807) is 11.1 Å². The molecule has 0 spiro atoms. The third kappa shape index (κ3) is 5.42. The zero-order chi connectivity index (χ0) is 14.5. The number of nitrogens with zero attached hydrogens (tertiary/aromatic N) is 1. The first-order valence-electron chi connectivity index (χ1n) is 6.64. The lowest BCUT2D eigenvalue weighted by atomic mass is 10.1. The van der Waals surface area contributed by atoms with Crippen molar-refractivity contribution in [2.45, 2.75) is 46.1 Å². The van der Waals surface area contributed by atoms with Crippen LogP contribution in [0.15, 0.2) is 11.8 Å². The molecule has 19 heavy (non-hydrogen) atoms. The molecule has 0 unspecified atom stereocenters. The van der Waals surface area contributed by atoms with E-state index in [2.05, 4.69) is 0 Å². The van der Waals surface area contributed by atoms with Crippen LogP contribution in [0.25, 0.3) is 0 Å². The second-order valence-corrected chi connectivity index (χ2v) is 5.48. The highest BCUT2D eigenvalue weighted by Gasteiger charge is 2.24. The van der Waals surface area contributed by atoms with E-state index in [1.165, 1.54) is 0 Å². The van der Waals surface area contributed by atoms with Crippen molar-refractivity contribution < 1.29 is 19.1 Å². The standard InChI is InChI=1S/C14H23NO4/c1-5-18-10-12(16)15-8-6-7-11(9-15)13(17)19-14(2,3)4/h9H,5-8,10H2,1-4H3. The molecule has 0 radical (unpaired) electrons. The predicted octanol–water partition coefficient (Wildman–Crippen LogP) is 1.87. The van der Waals surface area contributed by atoms with E-state index in [1.807, 2.05) is 27.7 Å². The summed E-state index contributed by atoms with van der Waals surface area (Å²) in [5, 5.41) is 0. The summed E-state index contributed by atoms with van der Waals surface area (Å²) in [6, 6.07) is 0. The van der Waals surface area contributed by atoms with Gasteiger partial charge in [0.1, 0.15) is 12.2 Å². The molecule has 108 valence electrons. The van der Waals surface area contributed by atoms with Crippen molar-refractivity contribution in [2.75, 3.05) is 19.8 Å². The van der Waals surface area contributed by atoms with Crippen LogP contribution >= 0.6 is 0 Å². The van der Waals surface area contributed by atoms with Crippen LogP contribution in [0.3, 0.4) is 0 Å². The minimum absolute atomic E-state index is 0.0502. The Labute approximate surface area is 114 Å². The average Bonchev–Trinajstić information content (AvgIpc) is 2.34. The highest BCUT2D eigenvalue weighted by Crippen LogP contribution is 2.19. The minimum Gasteiger partial charge on any atom is -0.457 e. The third-order valence-electron chi connectivity index (χ3n) is 2.57. The van der Waals surface area contributed by atoms with Gasteiger partial charge in [0.25, 0.3) is 5.91 Å². The molecule has 1 aliphatic rings. The zero-order valence-electron chi connectivity index (χ0n) is 12.2. The Bertz CT molecular complexity index is 368. The molecular formula is C14H23NO4. The number of hydrogen-bond donors (Lipinski definition) is 0. The summed E-state index contributed by atoms with van der Waals surface area (Å²) in [4.78, 5) is 25.3. The maximum Gasteiger partial charge on any atom is 0.336 e. The Morgan fingerprint density at radius 1 is 1.37 bits per heavy atom. The minimum atomic E-state index is -0.518. The van der Waals surface area contributed by atoms with Gasteiger partial charge in [-0.15, -0.1) is 0 Å². The largest absolute Gasteiger partial charge is 0.457 e. The summed E-state index contributed by atoms with van der Waals surface area (Å²) < 4.78 is 10.4. The number of hydrogen-bond acceptors (Lipinski definition) is 4. The predicted molar refractivity (Wildman–Crippen MR) is 71.4 cm³/mol. The van der Waals surface area contributed by atoms with Crippen LogP contribution in [-0.4, -0.2) is 42.1 Å². The maximum absolute atomic E-state index is 11.9. The van der Waals surface area contributed by atoms with Crippen molar-refractivity contribution in [3.63, 3.8) is 0 Å². The average molecular weight is 269 g/mol. The molecule has 1 rings (SSSR count). The number of rotatable bonds is 4. The Morgan fingerprint density at radius 3 is 2.63 bits per heavy atom. The summed E-state index contributed by atoms with van der Waals surface area (Å²) in [7, 11) is 0. The van der Waals surface area contributed by atoms with Gasteiger partial charge in [-0.25, -0.2) is 4.79 Å². The van der Waals surface area contributed by atoms with Gasteiger partial charge in [-0.05, 0) is 40.5 Å². The summed E-state index contributed by atoms with van der Waals surface area (Å²) in [6.45, 7) is 8.49. The Hall–Kier alpha value is -1.36. The van der Waals surface area contributed by atoms with Crippen molar-refractivity contribution in [3.8, 4) is 0 Å².